The van der Waals surface area contributed by atoms with Crippen LogP contribution >= 0.6 is 0 Å². The number of hydrogen-bond acceptors (Lipinski definition) is 3. The molecule has 1 N–H and O–H groups in total. The molecule has 0 aliphatic heterocycles. The van der Waals surface area contributed by atoms with Crippen LogP contribution in [0.15, 0.2) is 51.7 Å². The van der Waals surface area contributed by atoms with Crippen LogP contribution in [0.3, 0.4) is 0 Å². The molecule has 96 valence electrons. The van der Waals surface area contributed by atoms with E-state index < -0.39 is 5.76 Å². The summed E-state index contributed by atoms with van der Waals surface area (Å²) >= 11 is 0. The third-order valence-electron chi connectivity index (χ3n) is 2.92. The zero-order chi connectivity index (χ0) is 13.2. The molecule has 3 aromatic rings. The van der Waals surface area contributed by atoms with Crippen LogP contribution in [-0.4, -0.2) is 11.6 Å². The van der Waals surface area contributed by atoms with Gasteiger partial charge in [0.15, 0.2) is 5.58 Å². The number of oxazole rings is 1. The first kappa shape index (κ1) is 11.6. The molecule has 0 saturated carbocycles. The number of nitrogens with one attached hydrogen (secondary N) is 1. The minimum atomic E-state index is -0.432. The van der Waals surface area contributed by atoms with Gasteiger partial charge in [-0.25, -0.2) is 4.79 Å². The van der Waals surface area contributed by atoms with Crippen LogP contribution in [0, 0.1) is 0 Å². The summed E-state index contributed by atoms with van der Waals surface area (Å²) in [6, 6.07) is 13.5. The molecule has 3 rings (SSSR count). The quantitative estimate of drug-likeness (QED) is 0.782. The van der Waals surface area contributed by atoms with Crippen LogP contribution in [0.4, 0.5) is 0 Å². The first-order valence-electron chi connectivity index (χ1n) is 6.12. The van der Waals surface area contributed by atoms with Crippen LogP contribution in [0.2, 0.25) is 0 Å². The zero-order valence-corrected chi connectivity index (χ0v) is 10.5. The van der Waals surface area contributed by atoms with Gasteiger partial charge in [-0.1, -0.05) is 18.2 Å². The van der Waals surface area contributed by atoms with Crippen molar-refractivity contribution in [1.29, 1.82) is 0 Å². The molecule has 1 aromatic heterocycles. The second-order valence-electron chi connectivity index (χ2n) is 4.18. The van der Waals surface area contributed by atoms with Gasteiger partial charge in [0.2, 0.25) is 0 Å². The number of rotatable bonds is 3. The summed E-state index contributed by atoms with van der Waals surface area (Å²) in [6.45, 7) is 2.61. The van der Waals surface area contributed by atoms with Crippen molar-refractivity contribution in [3.05, 3.63) is 53.0 Å². The molecule has 1 heterocycles. The molecule has 0 aliphatic carbocycles. The highest BCUT2D eigenvalue weighted by molar-refractivity contribution is 5.80. The van der Waals surface area contributed by atoms with Gasteiger partial charge in [0.05, 0.1) is 12.1 Å². The molecule has 4 heteroatoms. The van der Waals surface area contributed by atoms with E-state index in [-0.39, 0.29) is 0 Å². The van der Waals surface area contributed by atoms with Crippen LogP contribution in [-0.2, 0) is 0 Å². The summed E-state index contributed by atoms with van der Waals surface area (Å²) in [5.41, 5.74) is 3.36. The Kier molecular flexibility index (Phi) is 2.83. The Bertz CT molecular complexity index is 753. The van der Waals surface area contributed by atoms with Gasteiger partial charge >= 0.3 is 5.76 Å². The van der Waals surface area contributed by atoms with Crippen molar-refractivity contribution in [2.45, 2.75) is 6.92 Å². The van der Waals surface area contributed by atoms with E-state index in [4.69, 9.17) is 9.15 Å². The Hall–Kier alpha value is -2.49. The van der Waals surface area contributed by atoms with E-state index in [1.165, 1.54) is 0 Å². The number of hydrogen-bond donors (Lipinski definition) is 1. The first-order valence-corrected chi connectivity index (χ1v) is 6.12. The van der Waals surface area contributed by atoms with E-state index in [0.29, 0.717) is 17.7 Å². The van der Waals surface area contributed by atoms with Gasteiger partial charge in [0, 0.05) is 0 Å². The van der Waals surface area contributed by atoms with Crippen molar-refractivity contribution >= 4 is 11.1 Å². The molecule has 0 radical (unpaired) electrons. The molecule has 4 nitrogen and oxygen atoms in total. The number of ether oxygens (including phenoxy) is 1. The maximum atomic E-state index is 11.1. The fourth-order valence-corrected chi connectivity index (χ4v) is 2.04. The van der Waals surface area contributed by atoms with Crippen molar-refractivity contribution < 1.29 is 9.15 Å². The van der Waals surface area contributed by atoms with Gasteiger partial charge in [-0.05, 0) is 42.3 Å². The van der Waals surface area contributed by atoms with Crippen LogP contribution in [0.25, 0.3) is 22.2 Å². The molecular weight excluding hydrogens is 242 g/mol. The summed E-state index contributed by atoms with van der Waals surface area (Å²) in [6.07, 6.45) is 0. The summed E-state index contributed by atoms with van der Waals surface area (Å²) in [4.78, 5) is 13.8. The van der Waals surface area contributed by atoms with Crippen molar-refractivity contribution in [2.75, 3.05) is 6.61 Å². The number of aromatic nitrogens is 1. The molecule has 0 saturated heterocycles. The van der Waals surface area contributed by atoms with E-state index in [0.717, 1.165) is 16.9 Å². The van der Waals surface area contributed by atoms with Crippen molar-refractivity contribution in [2.24, 2.45) is 0 Å². The Balaban J connectivity index is 2.00. The maximum Gasteiger partial charge on any atom is 0.417 e. The topological polar surface area (TPSA) is 55.2 Å². The van der Waals surface area contributed by atoms with Gasteiger partial charge in [0.1, 0.15) is 5.75 Å². The molecule has 0 bridgehead atoms. The third-order valence-corrected chi connectivity index (χ3v) is 2.92. The number of H-pyrrole nitrogens is 1. The molecule has 2 aromatic carbocycles. The Morgan fingerprint density at radius 1 is 1.11 bits per heavy atom. The molecule has 0 atom stereocenters. The number of benzene rings is 2. The van der Waals surface area contributed by atoms with E-state index in [1.54, 1.807) is 6.07 Å². The lowest BCUT2D eigenvalue weighted by Gasteiger charge is -2.05. The van der Waals surface area contributed by atoms with Crippen LogP contribution < -0.4 is 10.5 Å². The van der Waals surface area contributed by atoms with E-state index >= 15 is 0 Å². The Morgan fingerprint density at radius 3 is 2.58 bits per heavy atom. The Labute approximate surface area is 109 Å². The van der Waals surface area contributed by atoms with Crippen LogP contribution in [0.1, 0.15) is 6.92 Å². The minimum absolute atomic E-state index is 0.432. The summed E-state index contributed by atoms with van der Waals surface area (Å²) < 4.78 is 10.4. The lowest BCUT2D eigenvalue weighted by Crippen LogP contribution is -1.92. The second kappa shape index (κ2) is 4.65. The molecule has 0 fully saturated rings. The normalized spacial score (nSPS) is 10.8. The SMILES string of the molecule is CCOc1ccc(-c2ccc3oc(=O)[nH]c3c2)cc1. The van der Waals surface area contributed by atoms with Crippen LogP contribution in [0.5, 0.6) is 5.75 Å². The van der Waals surface area contributed by atoms with Gasteiger partial charge in [-0.3, -0.25) is 4.98 Å². The third kappa shape index (κ3) is 2.25. The van der Waals surface area contributed by atoms with Gasteiger partial charge in [-0.2, -0.15) is 0 Å². The lowest BCUT2D eigenvalue weighted by molar-refractivity contribution is 0.340. The highest BCUT2D eigenvalue weighted by Gasteiger charge is 2.04. The number of fused-ring (bicyclic) bond motifs is 1. The minimum Gasteiger partial charge on any atom is -0.494 e. The second-order valence-corrected chi connectivity index (χ2v) is 4.18. The van der Waals surface area contributed by atoms with Crippen molar-refractivity contribution in [3.8, 4) is 16.9 Å². The van der Waals surface area contributed by atoms with E-state index in [2.05, 4.69) is 4.98 Å². The predicted octanol–water partition coefficient (Wildman–Crippen LogP) is 3.19. The summed E-state index contributed by atoms with van der Waals surface area (Å²) in [5, 5.41) is 0. The highest BCUT2D eigenvalue weighted by Crippen LogP contribution is 2.25. The van der Waals surface area contributed by atoms with Gasteiger partial charge in [0.25, 0.3) is 0 Å². The fraction of sp³-hybridized carbons (Fsp3) is 0.133. The monoisotopic (exact) mass is 255 g/mol. The van der Waals surface area contributed by atoms with Gasteiger partial charge < -0.3 is 9.15 Å². The molecule has 0 amide bonds. The molecule has 19 heavy (non-hydrogen) atoms. The molecule has 0 aliphatic rings. The van der Waals surface area contributed by atoms with Crippen molar-refractivity contribution in [1.82, 2.24) is 4.98 Å². The summed E-state index contributed by atoms with van der Waals surface area (Å²) in [5.74, 6) is 0.419. The lowest BCUT2D eigenvalue weighted by atomic mass is 10.1. The standard InChI is InChI=1S/C15H13NO3/c1-2-18-12-6-3-10(4-7-12)11-5-8-14-13(9-11)16-15(17)19-14/h3-9H,2H2,1H3,(H,16,17). The van der Waals surface area contributed by atoms with E-state index in [1.807, 2.05) is 43.3 Å². The van der Waals surface area contributed by atoms with Crippen molar-refractivity contribution in [3.63, 3.8) is 0 Å². The Morgan fingerprint density at radius 2 is 1.84 bits per heavy atom. The smallest absolute Gasteiger partial charge is 0.417 e. The fourth-order valence-electron chi connectivity index (χ4n) is 2.04. The average Bonchev–Trinajstić information content (AvgIpc) is 2.79. The highest BCUT2D eigenvalue weighted by atomic mass is 16.5. The maximum absolute atomic E-state index is 11.1. The predicted molar refractivity (Wildman–Crippen MR) is 73.4 cm³/mol. The average molecular weight is 255 g/mol. The molecular formula is C15H13NO3. The van der Waals surface area contributed by atoms with E-state index in [9.17, 15) is 4.79 Å². The summed E-state index contributed by atoms with van der Waals surface area (Å²) in [7, 11) is 0. The molecule has 0 spiro atoms. The largest absolute Gasteiger partial charge is 0.494 e. The number of aromatic amines is 1. The zero-order valence-electron chi connectivity index (χ0n) is 10.5. The molecule has 0 unspecified atom stereocenters. The first-order chi connectivity index (χ1) is 9.26. The van der Waals surface area contributed by atoms with Gasteiger partial charge in [-0.15, -0.1) is 0 Å².